The molecule has 0 saturated carbocycles. The van der Waals surface area contributed by atoms with Gasteiger partial charge in [0.2, 0.25) is 5.91 Å². The van der Waals surface area contributed by atoms with E-state index < -0.39 is 11.9 Å². The first kappa shape index (κ1) is 21.4. The van der Waals surface area contributed by atoms with Gasteiger partial charge in [0.1, 0.15) is 4.83 Å². The molecule has 0 fully saturated rings. The number of rotatable bonds is 7. The van der Waals surface area contributed by atoms with Crippen molar-refractivity contribution in [3.8, 4) is 0 Å². The fourth-order valence-corrected chi connectivity index (χ4v) is 4.33. The molecule has 2 heterocycles. The SMILES string of the molecule is CC[C@H](C)Cc1c(C)sc2nc(SCC(=O)NC(=O)NC(C)C)[nH]c(=O)c12. The Bertz CT molecular complexity index is 889. The van der Waals surface area contributed by atoms with Crippen molar-refractivity contribution in [2.24, 2.45) is 5.92 Å². The van der Waals surface area contributed by atoms with Gasteiger partial charge in [0.25, 0.3) is 5.56 Å². The standard InChI is InChI=1S/C18H26N4O3S2/c1-6-10(4)7-12-11(5)27-16-14(12)15(24)21-18(22-16)26-8-13(23)20-17(25)19-9(2)3/h9-10H,6-8H2,1-5H3,(H,21,22,24)(H2,19,20,23,25)/t10-/m0/s1. The number of imide groups is 1. The Morgan fingerprint density at radius 2 is 2.00 bits per heavy atom. The monoisotopic (exact) mass is 410 g/mol. The van der Waals surface area contributed by atoms with Crippen molar-refractivity contribution in [3.63, 3.8) is 0 Å². The molecule has 3 amide bonds. The molecule has 0 aliphatic carbocycles. The second-order valence-electron chi connectivity index (χ2n) is 6.87. The third-order valence-corrected chi connectivity index (χ3v) is 6.02. The lowest BCUT2D eigenvalue weighted by molar-refractivity contribution is -0.117. The van der Waals surface area contributed by atoms with Crippen LogP contribution in [0.15, 0.2) is 9.95 Å². The van der Waals surface area contributed by atoms with Crippen LogP contribution in [0.5, 0.6) is 0 Å². The fourth-order valence-electron chi connectivity index (χ4n) is 2.56. The predicted octanol–water partition coefficient (Wildman–Crippen LogP) is 3.21. The van der Waals surface area contributed by atoms with E-state index in [0.29, 0.717) is 21.3 Å². The van der Waals surface area contributed by atoms with E-state index in [-0.39, 0.29) is 17.4 Å². The molecule has 0 aromatic carbocycles. The van der Waals surface area contributed by atoms with Gasteiger partial charge in [0, 0.05) is 10.9 Å². The molecule has 0 unspecified atom stereocenters. The van der Waals surface area contributed by atoms with Crippen molar-refractivity contribution >= 4 is 45.3 Å². The fraction of sp³-hybridized carbons (Fsp3) is 0.556. The molecule has 2 aromatic rings. The Morgan fingerprint density at radius 3 is 2.63 bits per heavy atom. The van der Waals surface area contributed by atoms with Crippen molar-refractivity contribution in [1.29, 1.82) is 0 Å². The van der Waals surface area contributed by atoms with Gasteiger partial charge in [-0.2, -0.15) is 0 Å². The van der Waals surface area contributed by atoms with E-state index in [0.717, 1.165) is 35.0 Å². The van der Waals surface area contributed by atoms with Gasteiger partial charge in [0.05, 0.1) is 11.1 Å². The highest BCUT2D eigenvalue weighted by Crippen LogP contribution is 2.30. The van der Waals surface area contributed by atoms with Crippen LogP contribution in [0, 0.1) is 12.8 Å². The van der Waals surface area contributed by atoms with E-state index in [4.69, 9.17) is 0 Å². The molecule has 7 nitrogen and oxygen atoms in total. The van der Waals surface area contributed by atoms with Crippen LogP contribution in [-0.2, 0) is 11.2 Å². The number of nitrogens with zero attached hydrogens (tertiary/aromatic N) is 1. The molecule has 0 aliphatic rings. The van der Waals surface area contributed by atoms with Crippen molar-refractivity contribution in [3.05, 3.63) is 20.8 Å². The summed E-state index contributed by atoms with van der Waals surface area (Å²) in [5.41, 5.74) is 0.890. The zero-order chi connectivity index (χ0) is 20.1. The summed E-state index contributed by atoms with van der Waals surface area (Å²) in [6, 6.07) is -0.589. The topological polar surface area (TPSA) is 104 Å². The molecule has 0 saturated heterocycles. The second-order valence-corrected chi connectivity index (χ2v) is 9.04. The first-order valence-corrected chi connectivity index (χ1v) is 10.8. The minimum Gasteiger partial charge on any atom is -0.336 e. The van der Waals surface area contributed by atoms with Gasteiger partial charge >= 0.3 is 6.03 Å². The van der Waals surface area contributed by atoms with E-state index in [2.05, 4.69) is 34.4 Å². The lowest BCUT2D eigenvalue weighted by Crippen LogP contribution is -2.43. The third kappa shape index (κ3) is 5.80. The Labute approximate surface area is 166 Å². The van der Waals surface area contributed by atoms with Crippen LogP contribution < -0.4 is 16.2 Å². The Hall–Kier alpha value is -1.87. The summed E-state index contributed by atoms with van der Waals surface area (Å²) < 4.78 is 0. The summed E-state index contributed by atoms with van der Waals surface area (Å²) in [5, 5.41) is 5.86. The normalized spacial score (nSPS) is 12.4. The van der Waals surface area contributed by atoms with Gasteiger partial charge in [0.15, 0.2) is 5.16 Å². The first-order valence-electron chi connectivity index (χ1n) is 8.96. The summed E-state index contributed by atoms with van der Waals surface area (Å²) in [7, 11) is 0. The molecule has 27 heavy (non-hydrogen) atoms. The van der Waals surface area contributed by atoms with Gasteiger partial charge in [-0.3, -0.25) is 14.9 Å². The lowest BCUT2D eigenvalue weighted by atomic mass is 9.98. The zero-order valence-electron chi connectivity index (χ0n) is 16.3. The number of hydrogen-bond donors (Lipinski definition) is 3. The zero-order valence-corrected chi connectivity index (χ0v) is 17.9. The van der Waals surface area contributed by atoms with Crippen LogP contribution in [0.1, 0.15) is 44.6 Å². The average molecular weight is 411 g/mol. The number of amides is 3. The molecular weight excluding hydrogens is 384 g/mol. The predicted molar refractivity (Wildman–Crippen MR) is 111 cm³/mol. The van der Waals surface area contributed by atoms with Crippen molar-refractivity contribution < 1.29 is 9.59 Å². The Kier molecular flexibility index (Phi) is 7.43. The number of carbonyl (C=O) groups is 2. The third-order valence-electron chi connectivity index (χ3n) is 4.10. The molecule has 3 N–H and O–H groups in total. The van der Waals surface area contributed by atoms with Crippen LogP contribution in [-0.4, -0.2) is 33.7 Å². The summed E-state index contributed by atoms with van der Waals surface area (Å²) in [6.45, 7) is 9.93. The number of H-pyrrole nitrogens is 1. The van der Waals surface area contributed by atoms with E-state index in [1.807, 2.05) is 6.92 Å². The van der Waals surface area contributed by atoms with Gasteiger partial charge < -0.3 is 10.3 Å². The maximum absolute atomic E-state index is 12.6. The molecule has 0 radical (unpaired) electrons. The van der Waals surface area contributed by atoms with Crippen molar-refractivity contribution in [2.45, 2.75) is 58.7 Å². The number of hydrogen-bond acceptors (Lipinski definition) is 6. The molecule has 2 rings (SSSR count). The van der Waals surface area contributed by atoms with Crippen molar-refractivity contribution in [2.75, 3.05) is 5.75 Å². The second kappa shape index (κ2) is 9.36. The highest BCUT2D eigenvalue weighted by Gasteiger charge is 2.17. The maximum Gasteiger partial charge on any atom is 0.321 e. The van der Waals surface area contributed by atoms with Crippen LogP contribution in [0.25, 0.3) is 10.2 Å². The quantitative estimate of drug-likeness (QED) is 0.480. The largest absolute Gasteiger partial charge is 0.336 e. The molecular formula is C18H26N4O3S2. The van der Waals surface area contributed by atoms with Gasteiger partial charge in [-0.05, 0) is 38.7 Å². The Balaban J connectivity index is 2.11. The van der Waals surface area contributed by atoms with E-state index in [1.54, 1.807) is 13.8 Å². The number of aromatic amines is 1. The molecule has 2 aromatic heterocycles. The summed E-state index contributed by atoms with van der Waals surface area (Å²) >= 11 is 2.60. The average Bonchev–Trinajstić information content (AvgIpc) is 2.88. The molecule has 148 valence electrons. The number of nitrogens with one attached hydrogen (secondary N) is 3. The summed E-state index contributed by atoms with van der Waals surface area (Å²) in [4.78, 5) is 45.0. The van der Waals surface area contributed by atoms with Crippen LogP contribution in [0.2, 0.25) is 0 Å². The van der Waals surface area contributed by atoms with E-state index in [9.17, 15) is 14.4 Å². The lowest BCUT2D eigenvalue weighted by Gasteiger charge is -2.09. The van der Waals surface area contributed by atoms with Gasteiger partial charge in [-0.15, -0.1) is 11.3 Å². The van der Waals surface area contributed by atoms with Gasteiger partial charge in [-0.1, -0.05) is 32.0 Å². The minimum absolute atomic E-state index is 0.00988. The van der Waals surface area contributed by atoms with E-state index >= 15 is 0 Å². The maximum atomic E-state index is 12.6. The minimum atomic E-state index is -0.531. The number of fused-ring (bicyclic) bond motifs is 1. The van der Waals surface area contributed by atoms with Gasteiger partial charge in [-0.25, -0.2) is 9.78 Å². The Morgan fingerprint density at radius 1 is 1.30 bits per heavy atom. The molecule has 9 heteroatoms. The highest BCUT2D eigenvalue weighted by molar-refractivity contribution is 7.99. The number of thioether (sulfide) groups is 1. The number of aromatic nitrogens is 2. The number of carbonyl (C=O) groups excluding carboxylic acids is 2. The summed E-state index contributed by atoms with van der Waals surface area (Å²) in [5.74, 6) is 0.0423. The van der Waals surface area contributed by atoms with Crippen molar-refractivity contribution in [1.82, 2.24) is 20.6 Å². The van der Waals surface area contributed by atoms with Crippen LogP contribution in [0.4, 0.5) is 4.79 Å². The highest BCUT2D eigenvalue weighted by atomic mass is 32.2. The van der Waals surface area contributed by atoms with E-state index in [1.165, 1.54) is 11.3 Å². The molecule has 0 spiro atoms. The number of thiophene rings is 1. The molecule has 0 aliphatic heterocycles. The molecule has 0 bridgehead atoms. The smallest absolute Gasteiger partial charge is 0.321 e. The van der Waals surface area contributed by atoms with Crippen LogP contribution in [0.3, 0.4) is 0 Å². The molecule has 1 atom stereocenters. The first-order chi connectivity index (χ1) is 12.7. The number of aryl methyl sites for hydroxylation is 1. The summed E-state index contributed by atoms with van der Waals surface area (Å²) in [6.07, 6.45) is 1.91. The number of urea groups is 1. The van der Waals surface area contributed by atoms with Crippen LogP contribution >= 0.6 is 23.1 Å².